The lowest BCUT2D eigenvalue weighted by Gasteiger charge is -2.31. The summed E-state index contributed by atoms with van der Waals surface area (Å²) in [6.45, 7) is 3.93. The fourth-order valence-electron chi connectivity index (χ4n) is 4.19. The molecule has 0 spiro atoms. The Morgan fingerprint density at radius 1 is 1.12 bits per heavy atom. The molecule has 0 atom stereocenters. The van der Waals surface area contributed by atoms with Crippen molar-refractivity contribution in [1.82, 2.24) is 19.7 Å². The highest BCUT2D eigenvalue weighted by Gasteiger charge is 2.33. The Balaban J connectivity index is 1.62. The number of benzene rings is 1. The van der Waals surface area contributed by atoms with Gasteiger partial charge in [-0.05, 0) is 24.1 Å². The Morgan fingerprint density at radius 3 is 2.53 bits per heavy atom. The van der Waals surface area contributed by atoms with Crippen molar-refractivity contribution in [3.05, 3.63) is 71.2 Å². The molecule has 168 valence electrons. The van der Waals surface area contributed by atoms with Crippen LogP contribution >= 0.6 is 0 Å². The molecule has 1 aliphatic heterocycles. The van der Waals surface area contributed by atoms with E-state index in [4.69, 9.17) is 5.10 Å². The van der Waals surface area contributed by atoms with Gasteiger partial charge in [-0.25, -0.2) is 13.6 Å². The zero-order valence-corrected chi connectivity index (χ0v) is 18.0. The molecular weight excluding hydrogens is 414 g/mol. The molecular formula is C24H26F2N4O2. The number of rotatable bonds is 7. The Bertz CT molecular complexity index is 1090. The number of carboxylic acid groups (broad SMARTS) is 1. The first-order valence-corrected chi connectivity index (χ1v) is 10.7. The third kappa shape index (κ3) is 4.85. The molecule has 1 aliphatic rings. The fraction of sp³-hybridized carbons (Fsp3) is 0.375. The van der Waals surface area contributed by atoms with Crippen LogP contribution in [0.2, 0.25) is 0 Å². The molecule has 3 heterocycles. The molecule has 2 aromatic heterocycles. The maximum absolute atomic E-state index is 13.5. The summed E-state index contributed by atoms with van der Waals surface area (Å²) < 4.78 is 28.9. The lowest BCUT2D eigenvalue weighted by atomic mass is 10.0. The van der Waals surface area contributed by atoms with Crippen LogP contribution in [0, 0.1) is 6.92 Å². The molecule has 32 heavy (non-hydrogen) atoms. The number of halogens is 2. The molecule has 8 heteroatoms. The minimum atomic E-state index is -2.56. The number of alkyl halides is 2. The maximum Gasteiger partial charge on any atom is 0.336 e. The number of aromatic nitrogens is 3. The Kier molecular flexibility index (Phi) is 6.32. The number of likely N-dealkylation sites (tertiary alicyclic amines) is 1. The largest absolute Gasteiger partial charge is 0.478 e. The van der Waals surface area contributed by atoms with Crippen molar-refractivity contribution in [2.45, 2.75) is 38.7 Å². The average molecular weight is 440 g/mol. The number of piperidine rings is 1. The number of nitrogens with zero attached hydrogens (tertiary/aromatic N) is 4. The van der Waals surface area contributed by atoms with E-state index in [1.54, 1.807) is 6.20 Å². The minimum Gasteiger partial charge on any atom is -0.478 e. The lowest BCUT2D eigenvalue weighted by molar-refractivity contribution is -0.0555. The normalized spacial score (nSPS) is 16.2. The number of carboxylic acids is 1. The van der Waals surface area contributed by atoms with Crippen LogP contribution in [0.5, 0.6) is 0 Å². The van der Waals surface area contributed by atoms with Crippen molar-refractivity contribution >= 4 is 5.97 Å². The quantitative estimate of drug-likeness (QED) is 0.594. The number of pyridine rings is 1. The smallest absolute Gasteiger partial charge is 0.336 e. The highest BCUT2D eigenvalue weighted by Crippen LogP contribution is 2.29. The van der Waals surface area contributed by atoms with E-state index < -0.39 is 11.9 Å². The molecule has 1 aromatic carbocycles. The third-order valence-corrected chi connectivity index (χ3v) is 6.04. The second-order valence-corrected chi connectivity index (χ2v) is 8.22. The molecule has 4 rings (SSSR count). The van der Waals surface area contributed by atoms with Crippen LogP contribution in [-0.2, 0) is 13.0 Å². The highest BCUT2D eigenvalue weighted by molar-refractivity contribution is 5.89. The minimum absolute atomic E-state index is 0.110. The summed E-state index contributed by atoms with van der Waals surface area (Å²) in [4.78, 5) is 17.7. The molecule has 1 N–H and O–H groups in total. The predicted octanol–water partition coefficient (Wildman–Crippen LogP) is 4.27. The van der Waals surface area contributed by atoms with E-state index in [-0.39, 0.29) is 18.4 Å². The SMILES string of the molecule is Cc1c(Cc2cnccc2C(=O)O)nn(CCN2CCC(F)(F)CC2)c1-c1ccccc1. The van der Waals surface area contributed by atoms with E-state index in [2.05, 4.69) is 4.98 Å². The molecule has 1 saturated heterocycles. The standard InChI is InChI=1S/C24H26F2N4O2/c1-17-21(15-19-16-27-10-7-20(19)23(31)32)28-30(22(17)18-5-3-2-4-6-18)14-13-29-11-8-24(25,26)9-12-29/h2-7,10,16H,8-9,11-15H2,1H3,(H,31,32). The summed E-state index contributed by atoms with van der Waals surface area (Å²) in [7, 11) is 0. The lowest BCUT2D eigenvalue weighted by Crippen LogP contribution is -2.40. The van der Waals surface area contributed by atoms with Gasteiger partial charge in [0.15, 0.2) is 0 Å². The van der Waals surface area contributed by atoms with E-state index >= 15 is 0 Å². The number of hydrogen-bond acceptors (Lipinski definition) is 4. The van der Waals surface area contributed by atoms with Crippen LogP contribution in [0.1, 0.15) is 40.0 Å². The van der Waals surface area contributed by atoms with E-state index in [1.807, 2.05) is 46.8 Å². The molecule has 0 amide bonds. The van der Waals surface area contributed by atoms with Gasteiger partial charge in [0.05, 0.1) is 23.5 Å². The second-order valence-electron chi connectivity index (χ2n) is 8.22. The summed E-state index contributed by atoms with van der Waals surface area (Å²) in [5.74, 6) is -3.56. The van der Waals surface area contributed by atoms with Crippen molar-refractivity contribution < 1.29 is 18.7 Å². The Labute approximate surface area is 185 Å². The van der Waals surface area contributed by atoms with Crippen LogP contribution in [-0.4, -0.2) is 56.3 Å². The van der Waals surface area contributed by atoms with Gasteiger partial charge in [0.1, 0.15) is 0 Å². The van der Waals surface area contributed by atoms with Crippen LogP contribution in [0.3, 0.4) is 0 Å². The summed E-state index contributed by atoms with van der Waals surface area (Å²) in [6, 6.07) is 11.4. The van der Waals surface area contributed by atoms with Crippen molar-refractivity contribution in [2.75, 3.05) is 19.6 Å². The molecule has 6 nitrogen and oxygen atoms in total. The number of hydrogen-bond donors (Lipinski definition) is 1. The second kappa shape index (κ2) is 9.16. The molecule has 0 unspecified atom stereocenters. The monoisotopic (exact) mass is 440 g/mol. The molecule has 0 saturated carbocycles. The predicted molar refractivity (Wildman–Crippen MR) is 117 cm³/mol. The highest BCUT2D eigenvalue weighted by atomic mass is 19.3. The van der Waals surface area contributed by atoms with E-state index in [9.17, 15) is 18.7 Å². The molecule has 1 fully saturated rings. The van der Waals surface area contributed by atoms with Crippen LogP contribution in [0.25, 0.3) is 11.3 Å². The van der Waals surface area contributed by atoms with Gasteiger partial charge in [0.25, 0.3) is 5.92 Å². The first-order chi connectivity index (χ1) is 15.3. The molecule has 0 aliphatic carbocycles. The van der Waals surface area contributed by atoms with Crippen molar-refractivity contribution in [1.29, 1.82) is 0 Å². The summed E-state index contributed by atoms with van der Waals surface area (Å²) >= 11 is 0. The average Bonchev–Trinajstić information content (AvgIpc) is 3.09. The zero-order chi connectivity index (χ0) is 22.7. The van der Waals surface area contributed by atoms with Gasteiger partial charge >= 0.3 is 5.97 Å². The van der Waals surface area contributed by atoms with E-state index in [1.165, 1.54) is 12.3 Å². The van der Waals surface area contributed by atoms with Gasteiger partial charge in [-0.3, -0.25) is 9.67 Å². The Hall–Kier alpha value is -3.13. The van der Waals surface area contributed by atoms with Crippen LogP contribution in [0.15, 0.2) is 48.8 Å². The van der Waals surface area contributed by atoms with Crippen molar-refractivity contribution in [3.63, 3.8) is 0 Å². The van der Waals surface area contributed by atoms with Gasteiger partial charge < -0.3 is 10.0 Å². The molecule has 0 radical (unpaired) electrons. The van der Waals surface area contributed by atoms with Crippen molar-refractivity contribution in [3.8, 4) is 11.3 Å². The summed E-state index contributed by atoms with van der Waals surface area (Å²) in [5.41, 5.74) is 4.54. The van der Waals surface area contributed by atoms with Crippen LogP contribution < -0.4 is 0 Å². The topological polar surface area (TPSA) is 71.2 Å². The molecule has 0 bridgehead atoms. The van der Waals surface area contributed by atoms with Gasteiger partial charge in [0.2, 0.25) is 0 Å². The van der Waals surface area contributed by atoms with Crippen LogP contribution in [0.4, 0.5) is 8.78 Å². The van der Waals surface area contributed by atoms with Gasteiger partial charge in [-0.1, -0.05) is 30.3 Å². The maximum atomic E-state index is 13.5. The Morgan fingerprint density at radius 2 is 1.84 bits per heavy atom. The zero-order valence-electron chi connectivity index (χ0n) is 18.0. The molecule has 3 aromatic rings. The van der Waals surface area contributed by atoms with Gasteiger partial charge in [-0.2, -0.15) is 5.10 Å². The fourth-order valence-corrected chi connectivity index (χ4v) is 4.19. The number of carbonyl (C=O) groups is 1. The van der Waals surface area contributed by atoms with Crippen molar-refractivity contribution in [2.24, 2.45) is 0 Å². The van der Waals surface area contributed by atoms with E-state index in [0.717, 1.165) is 22.5 Å². The third-order valence-electron chi connectivity index (χ3n) is 6.04. The van der Waals surface area contributed by atoms with Gasteiger partial charge in [-0.15, -0.1) is 0 Å². The van der Waals surface area contributed by atoms with E-state index in [0.29, 0.717) is 38.2 Å². The summed E-state index contributed by atoms with van der Waals surface area (Å²) in [5, 5.41) is 14.3. The first kappa shape index (κ1) is 22.1. The summed E-state index contributed by atoms with van der Waals surface area (Å²) in [6.07, 6.45) is 3.17. The number of aromatic carboxylic acids is 1. The first-order valence-electron chi connectivity index (χ1n) is 10.7. The van der Waals surface area contributed by atoms with Gasteiger partial charge in [0, 0.05) is 56.9 Å².